The van der Waals surface area contributed by atoms with E-state index in [4.69, 9.17) is 4.74 Å². The SMILES string of the molecule is CCOCCCn1c(NC(=O)CNC(=O)c2ccc(N3CCCC3=O)cc2)nc2ccccc21. The highest BCUT2D eigenvalue weighted by Gasteiger charge is 2.22. The molecule has 0 spiro atoms. The van der Waals surface area contributed by atoms with Gasteiger partial charge in [0, 0.05) is 44.0 Å². The Morgan fingerprint density at radius 2 is 1.91 bits per heavy atom. The quantitative estimate of drug-likeness (QED) is 0.450. The van der Waals surface area contributed by atoms with Crippen LogP contribution < -0.4 is 15.5 Å². The number of carbonyl (C=O) groups excluding carboxylic acids is 3. The maximum absolute atomic E-state index is 12.6. The smallest absolute Gasteiger partial charge is 0.251 e. The third-order valence-corrected chi connectivity index (χ3v) is 5.70. The molecule has 0 atom stereocenters. The lowest BCUT2D eigenvalue weighted by atomic mass is 10.2. The van der Waals surface area contributed by atoms with Crippen molar-refractivity contribution in [2.75, 3.05) is 36.5 Å². The minimum Gasteiger partial charge on any atom is -0.382 e. The molecule has 9 nitrogen and oxygen atoms in total. The highest BCUT2D eigenvalue weighted by Crippen LogP contribution is 2.22. The first kappa shape index (κ1) is 23.4. The van der Waals surface area contributed by atoms with Gasteiger partial charge in [-0.3, -0.25) is 19.7 Å². The molecule has 1 aliphatic rings. The molecule has 0 unspecified atom stereocenters. The molecule has 2 N–H and O–H groups in total. The Labute approximate surface area is 198 Å². The van der Waals surface area contributed by atoms with Crippen molar-refractivity contribution in [2.24, 2.45) is 0 Å². The second kappa shape index (κ2) is 10.9. The van der Waals surface area contributed by atoms with Crippen LogP contribution in [-0.2, 0) is 20.9 Å². The molecular weight excluding hydrogens is 434 g/mol. The van der Waals surface area contributed by atoms with Gasteiger partial charge in [-0.2, -0.15) is 0 Å². The lowest BCUT2D eigenvalue weighted by molar-refractivity contribution is -0.117. The monoisotopic (exact) mass is 463 g/mol. The molecule has 1 saturated heterocycles. The largest absolute Gasteiger partial charge is 0.382 e. The number of imidazole rings is 1. The third-order valence-electron chi connectivity index (χ3n) is 5.70. The summed E-state index contributed by atoms with van der Waals surface area (Å²) in [4.78, 5) is 43.2. The predicted molar refractivity (Wildman–Crippen MR) is 130 cm³/mol. The van der Waals surface area contributed by atoms with Crippen LogP contribution in [-0.4, -0.2) is 53.6 Å². The lowest BCUT2D eigenvalue weighted by Gasteiger charge is -2.15. The van der Waals surface area contributed by atoms with Crippen molar-refractivity contribution in [1.29, 1.82) is 0 Å². The fourth-order valence-electron chi connectivity index (χ4n) is 4.01. The number of carbonyl (C=O) groups is 3. The minimum absolute atomic E-state index is 0.0952. The number of anilines is 2. The zero-order chi connectivity index (χ0) is 23.9. The number of ether oxygens (including phenoxy) is 1. The number of hydrogen-bond donors (Lipinski definition) is 2. The molecule has 0 radical (unpaired) electrons. The van der Waals surface area contributed by atoms with E-state index in [0.717, 1.165) is 29.6 Å². The molecule has 1 aliphatic heterocycles. The van der Waals surface area contributed by atoms with Crippen LogP contribution in [0.3, 0.4) is 0 Å². The Kier molecular flexibility index (Phi) is 7.54. The summed E-state index contributed by atoms with van der Waals surface area (Å²) in [5, 5.41) is 5.45. The molecule has 3 aromatic rings. The summed E-state index contributed by atoms with van der Waals surface area (Å²) in [5.41, 5.74) is 2.91. The number of benzene rings is 2. The van der Waals surface area contributed by atoms with E-state index < -0.39 is 0 Å². The number of para-hydroxylation sites is 2. The molecule has 9 heteroatoms. The molecular formula is C25H29N5O4. The third kappa shape index (κ3) is 5.43. The van der Waals surface area contributed by atoms with Crippen molar-refractivity contribution in [3.05, 3.63) is 54.1 Å². The van der Waals surface area contributed by atoms with Gasteiger partial charge in [0.05, 0.1) is 17.6 Å². The van der Waals surface area contributed by atoms with Gasteiger partial charge in [-0.25, -0.2) is 4.98 Å². The van der Waals surface area contributed by atoms with E-state index in [1.54, 1.807) is 29.2 Å². The highest BCUT2D eigenvalue weighted by atomic mass is 16.5. The summed E-state index contributed by atoms with van der Waals surface area (Å²) < 4.78 is 7.38. The molecule has 0 bridgehead atoms. The topological polar surface area (TPSA) is 106 Å². The maximum atomic E-state index is 12.6. The van der Waals surface area contributed by atoms with Gasteiger partial charge in [0.15, 0.2) is 0 Å². The van der Waals surface area contributed by atoms with Crippen molar-refractivity contribution >= 4 is 40.4 Å². The van der Waals surface area contributed by atoms with Gasteiger partial charge in [0.2, 0.25) is 17.8 Å². The summed E-state index contributed by atoms with van der Waals surface area (Å²) in [6.45, 7) is 4.39. The standard InChI is InChI=1S/C25H29N5O4/c1-2-34-16-6-15-30-21-8-4-3-7-20(21)27-25(30)28-22(31)17-26-24(33)18-10-12-19(13-11-18)29-14-5-9-23(29)32/h3-4,7-8,10-13H,2,5-6,9,14-17H2,1H3,(H,26,33)(H,27,28,31). The number of fused-ring (bicyclic) bond motifs is 1. The minimum atomic E-state index is -0.367. The number of aromatic nitrogens is 2. The van der Waals surface area contributed by atoms with Crippen LogP contribution in [0.25, 0.3) is 11.0 Å². The molecule has 1 aromatic heterocycles. The molecule has 0 saturated carbocycles. The Morgan fingerprint density at radius 1 is 1.12 bits per heavy atom. The van der Waals surface area contributed by atoms with Crippen LogP contribution in [0.2, 0.25) is 0 Å². The van der Waals surface area contributed by atoms with Crippen molar-refractivity contribution in [3.8, 4) is 0 Å². The lowest BCUT2D eigenvalue weighted by Crippen LogP contribution is -2.33. The summed E-state index contributed by atoms with van der Waals surface area (Å²) in [5.74, 6) is -0.192. The van der Waals surface area contributed by atoms with Crippen LogP contribution in [0.1, 0.15) is 36.5 Å². The number of aryl methyl sites for hydroxylation is 1. The van der Waals surface area contributed by atoms with Crippen molar-refractivity contribution in [1.82, 2.24) is 14.9 Å². The van der Waals surface area contributed by atoms with Gasteiger partial charge in [-0.1, -0.05) is 12.1 Å². The number of amides is 3. The Morgan fingerprint density at radius 3 is 2.65 bits per heavy atom. The highest BCUT2D eigenvalue weighted by molar-refractivity contribution is 6.00. The van der Waals surface area contributed by atoms with E-state index in [0.29, 0.717) is 44.2 Å². The van der Waals surface area contributed by atoms with E-state index >= 15 is 0 Å². The molecule has 0 aliphatic carbocycles. The van der Waals surface area contributed by atoms with Crippen LogP contribution in [0.15, 0.2) is 48.5 Å². The first-order chi connectivity index (χ1) is 16.6. The second-order valence-electron chi connectivity index (χ2n) is 8.05. The number of nitrogens with zero attached hydrogens (tertiary/aromatic N) is 3. The van der Waals surface area contributed by atoms with Gasteiger partial charge in [0.1, 0.15) is 0 Å². The van der Waals surface area contributed by atoms with Gasteiger partial charge >= 0.3 is 0 Å². The molecule has 1 fully saturated rings. The van der Waals surface area contributed by atoms with Crippen LogP contribution >= 0.6 is 0 Å². The molecule has 4 rings (SSSR count). The zero-order valence-electron chi connectivity index (χ0n) is 19.3. The van der Waals surface area contributed by atoms with Gasteiger partial charge in [0.25, 0.3) is 5.91 Å². The van der Waals surface area contributed by atoms with Crippen LogP contribution in [0.4, 0.5) is 11.6 Å². The fourth-order valence-corrected chi connectivity index (χ4v) is 4.01. The summed E-state index contributed by atoms with van der Waals surface area (Å²) in [6, 6.07) is 14.5. The molecule has 2 aromatic carbocycles. The number of nitrogens with one attached hydrogen (secondary N) is 2. The maximum Gasteiger partial charge on any atom is 0.251 e. The fraction of sp³-hybridized carbons (Fsp3) is 0.360. The van der Waals surface area contributed by atoms with E-state index in [-0.39, 0.29) is 24.3 Å². The van der Waals surface area contributed by atoms with Gasteiger partial charge in [-0.05, 0) is 56.2 Å². The number of hydrogen-bond acceptors (Lipinski definition) is 5. The Hall–Kier alpha value is -3.72. The van der Waals surface area contributed by atoms with E-state index in [1.807, 2.05) is 35.8 Å². The molecule has 178 valence electrons. The van der Waals surface area contributed by atoms with Crippen LogP contribution in [0.5, 0.6) is 0 Å². The van der Waals surface area contributed by atoms with E-state index in [9.17, 15) is 14.4 Å². The summed E-state index contributed by atoms with van der Waals surface area (Å²) in [7, 11) is 0. The first-order valence-electron chi connectivity index (χ1n) is 11.6. The number of rotatable bonds is 10. The average Bonchev–Trinajstić information content (AvgIpc) is 3.43. The zero-order valence-corrected chi connectivity index (χ0v) is 19.3. The van der Waals surface area contributed by atoms with E-state index in [2.05, 4.69) is 15.6 Å². The summed E-state index contributed by atoms with van der Waals surface area (Å²) >= 11 is 0. The second-order valence-corrected chi connectivity index (χ2v) is 8.05. The average molecular weight is 464 g/mol. The van der Waals surface area contributed by atoms with Crippen molar-refractivity contribution in [3.63, 3.8) is 0 Å². The molecule has 3 amide bonds. The summed E-state index contributed by atoms with van der Waals surface area (Å²) in [6.07, 6.45) is 2.18. The normalized spacial score (nSPS) is 13.4. The Balaban J connectivity index is 1.35. The predicted octanol–water partition coefficient (Wildman–Crippen LogP) is 2.96. The molecule has 2 heterocycles. The van der Waals surface area contributed by atoms with E-state index in [1.165, 1.54) is 0 Å². The Bertz CT molecular complexity index is 1170. The van der Waals surface area contributed by atoms with Gasteiger partial charge in [-0.15, -0.1) is 0 Å². The van der Waals surface area contributed by atoms with Gasteiger partial charge < -0.3 is 19.5 Å². The van der Waals surface area contributed by atoms with Crippen LogP contribution in [0, 0.1) is 0 Å². The van der Waals surface area contributed by atoms with Crippen molar-refractivity contribution < 1.29 is 19.1 Å². The molecule has 34 heavy (non-hydrogen) atoms. The first-order valence-corrected chi connectivity index (χ1v) is 11.6. The van der Waals surface area contributed by atoms with Crippen molar-refractivity contribution in [2.45, 2.75) is 32.7 Å².